The third-order valence-corrected chi connectivity index (χ3v) is 10.5. The zero-order valence-corrected chi connectivity index (χ0v) is 17.4. The van der Waals surface area contributed by atoms with Gasteiger partial charge in [-0.2, -0.15) is 17.5 Å². The molecule has 0 radical (unpaired) electrons. The Kier molecular flexibility index (Phi) is 9.09. The molecule has 21 heavy (non-hydrogen) atoms. The minimum atomic E-state index is -0.0966. The molecule has 0 amide bonds. The summed E-state index contributed by atoms with van der Waals surface area (Å²) in [7, 11) is -0.180. The minimum absolute atomic E-state index is 0. The van der Waals surface area contributed by atoms with Gasteiger partial charge in [0.05, 0.1) is 0 Å². The molecule has 0 saturated heterocycles. The van der Waals surface area contributed by atoms with E-state index < -0.39 is 0 Å². The number of hydrogen-bond acceptors (Lipinski definition) is 0. The van der Waals surface area contributed by atoms with Gasteiger partial charge in [-0.25, -0.2) is 6.08 Å². The Morgan fingerprint density at radius 1 is 1.10 bits per heavy atom. The number of allylic oxidation sites excluding steroid dienone is 4. The first-order valence-electron chi connectivity index (χ1n) is 6.16. The SMILES string of the molecule is CP(C1=[C-]CC=C1)P(C)[c-]1ccc2ccccc21.[F-].[F-].[Hf+4]. The molecule has 2 aromatic carbocycles. The van der Waals surface area contributed by atoms with Crippen LogP contribution in [0.3, 0.4) is 0 Å². The molecule has 108 valence electrons. The van der Waals surface area contributed by atoms with Gasteiger partial charge in [0.2, 0.25) is 0 Å². The molecule has 5 heteroatoms. The fraction of sp³-hybridized carbons (Fsp3) is 0.188. The van der Waals surface area contributed by atoms with Crippen LogP contribution in [0.5, 0.6) is 0 Å². The predicted molar refractivity (Wildman–Crippen MR) is 85.4 cm³/mol. The van der Waals surface area contributed by atoms with E-state index in [1.165, 1.54) is 16.1 Å². The molecule has 3 rings (SSSR count). The molecule has 2 aromatic rings. The van der Waals surface area contributed by atoms with Gasteiger partial charge in [0.15, 0.2) is 0 Å². The average Bonchev–Trinajstić information content (AvgIpc) is 3.06. The van der Waals surface area contributed by atoms with Gasteiger partial charge in [0, 0.05) is 0 Å². The van der Waals surface area contributed by atoms with E-state index in [1.807, 2.05) is 0 Å². The second-order valence-corrected chi connectivity index (χ2v) is 11.2. The first-order chi connectivity index (χ1) is 8.77. The molecule has 2 unspecified atom stereocenters. The molecule has 1 aliphatic rings. The zero-order chi connectivity index (χ0) is 12.5. The molecule has 0 heterocycles. The van der Waals surface area contributed by atoms with Crippen LogP contribution in [0.4, 0.5) is 0 Å². The topological polar surface area (TPSA) is 0 Å². The molecule has 0 aliphatic heterocycles. The monoisotopic (exact) mass is 488 g/mol. The summed E-state index contributed by atoms with van der Waals surface area (Å²) in [5, 5.41) is 5.85. The van der Waals surface area contributed by atoms with Crippen molar-refractivity contribution in [2.24, 2.45) is 0 Å². The first kappa shape index (κ1) is 20.9. The van der Waals surface area contributed by atoms with Crippen LogP contribution in [0.2, 0.25) is 0 Å². The van der Waals surface area contributed by atoms with E-state index in [-0.39, 0.29) is 50.5 Å². The molecule has 1 aliphatic carbocycles. The fourth-order valence-corrected chi connectivity index (χ4v) is 7.36. The number of halogens is 2. The summed E-state index contributed by atoms with van der Waals surface area (Å²) < 4.78 is 0. The molecular formula is C16H16F2HfP2. The van der Waals surface area contributed by atoms with Crippen molar-refractivity contribution < 1.29 is 35.3 Å². The van der Waals surface area contributed by atoms with E-state index in [4.69, 9.17) is 0 Å². The molecule has 0 N–H and O–H groups in total. The number of benzene rings is 1. The van der Waals surface area contributed by atoms with Crippen LogP contribution in [0.25, 0.3) is 10.8 Å². The summed E-state index contributed by atoms with van der Waals surface area (Å²) in [6.07, 6.45) is 9.00. The normalized spacial score (nSPS) is 15.4. The van der Waals surface area contributed by atoms with Crippen molar-refractivity contribution in [1.82, 2.24) is 0 Å². The maximum Gasteiger partial charge on any atom is 4.00 e. The van der Waals surface area contributed by atoms with E-state index >= 15 is 0 Å². The fourth-order valence-electron chi connectivity index (χ4n) is 2.35. The third kappa shape index (κ3) is 4.21. The number of rotatable bonds is 3. The largest absolute Gasteiger partial charge is 4.00 e. The van der Waals surface area contributed by atoms with Crippen molar-refractivity contribution in [3.8, 4) is 0 Å². The number of fused-ring (bicyclic) bond motifs is 1. The molecule has 0 saturated carbocycles. The van der Waals surface area contributed by atoms with Crippen molar-refractivity contribution in [2.45, 2.75) is 6.42 Å². The summed E-state index contributed by atoms with van der Waals surface area (Å²) in [5.41, 5.74) is 0. The summed E-state index contributed by atoms with van der Waals surface area (Å²) in [6.45, 7) is 4.82. The standard InChI is InChI=1S/C16H16P2.2FH.Hf/c1-17(14-8-4-5-9-14)18(2)16-12-11-13-7-3-6-10-15(13)16;;;/h3-4,6-8,10-12H,5H2,1-2H3;2*1H;/q-2;;;+4/p-2. The van der Waals surface area contributed by atoms with Crippen LogP contribution in [0.1, 0.15) is 6.42 Å². The van der Waals surface area contributed by atoms with Crippen molar-refractivity contribution in [1.29, 1.82) is 0 Å². The van der Waals surface area contributed by atoms with Gasteiger partial charge in [-0.3, -0.25) is 6.08 Å². The van der Waals surface area contributed by atoms with Crippen LogP contribution < -0.4 is 14.7 Å². The molecular weight excluding hydrogens is 471 g/mol. The van der Waals surface area contributed by atoms with Crippen LogP contribution in [-0.2, 0) is 25.8 Å². The van der Waals surface area contributed by atoms with Gasteiger partial charge < -0.3 is 9.41 Å². The maximum atomic E-state index is 3.50. The van der Waals surface area contributed by atoms with Crippen molar-refractivity contribution in [3.05, 3.63) is 59.9 Å². The van der Waals surface area contributed by atoms with Gasteiger partial charge in [0.1, 0.15) is 0 Å². The van der Waals surface area contributed by atoms with E-state index in [0.717, 1.165) is 6.42 Å². The summed E-state index contributed by atoms with van der Waals surface area (Å²) >= 11 is 0. The Bertz CT molecular complexity index is 634. The van der Waals surface area contributed by atoms with Gasteiger partial charge >= 0.3 is 25.8 Å². The Balaban J connectivity index is 0.00000133. The zero-order valence-electron chi connectivity index (χ0n) is 12.0. The van der Waals surface area contributed by atoms with Crippen LogP contribution in [-0.4, -0.2) is 13.3 Å². The Hall–Kier alpha value is -0.0999. The minimum Gasteiger partial charge on any atom is -1.00 e. The quantitative estimate of drug-likeness (QED) is 0.296. The maximum absolute atomic E-state index is 3.50. The van der Waals surface area contributed by atoms with E-state index in [1.54, 1.807) is 5.30 Å². The van der Waals surface area contributed by atoms with Crippen LogP contribution in [0, 0.1) is 6.08 Å². The van der Waals surface area contributed by atoms with Crippen molar-refractivity contribution in [3.63, 3.8) is 0 Å². The van der Waals surface area contributed by atoms with Crippen LogP contribution >= 0.6 is 15.2 Å². The summed E-state index contributed by atoms with van der Waals surface area (Å²) in [6, 6.07) is 13.3. The predicted octanol–water partition coefficient (Wildman–Crippen LogP) is -1.03. The van der Waals surface area contributed by atoms with Crippen molar-refractivity contribution >= 4 is 31.3 Å². The summed E-state index contributed by atoms with van der Waals surface area (Å²) in [4.78, 5) is 0. The van der Waals surface area contributed by atoms with Gasteiger partial charge in [-0.15, -0.1) is 46.8 Å². The Labute approximate surface area is 146 Å². The molecule has 0 bridgehead atoms. The van der Waals surface area contributed by atoms with E-state index in [9.17, 15) is 0 Å². The first-order valence-corrected chi connectivity index (χ1v) is 10.4. The van der Waals surface area contributed by atoms with Gasteiger partial charge in [-0.1, -0.05) is 21.3 Å². The van der Waals surface area contributed by atoms with Gasteiger partial charge in [-0.05, 0) is 13.3 Å². The van der Waals surface area contributed by atoms with Crippen molar-refractivity contribution in [2.75, 3.05) is 13.3 Å². The number of hydrogen-bond donors (Lipinski definition) is 0. The second-order valence-electron chi connectivity index (χ2n) is 4.52. The molecule has 0 aromatic heterocycles. The summed E-state index contributed by atoms with van der Waals surface area (Å²) in [5.74, 6) is 0. The molecule has 0 fully saturated rings. The van der Waals surface area contributed by atoms with Gasteiger partial charge in [0.25, 0.3) is 0 Å². The average molecular weight is 487 g/mol. The molecule has 0 spiro atoms. The van der Waals surface area contributed by atoms with E-state index in [0.29, 0.717) is 0 Å². The molecule has 0 nitrogen and oxygen atoms in total. The van der Waals surface area contributed by atoms with E-state index in [2.05, 4.69) is 68.0 Å². The Morgan fingerprint density at radius 2 is 1.81 bits per heavy atom. The third-order valence-electron chi connectivity index (χ3n) is 3.48. The molecule has 2 atom stereocenters. The second kappa shape index (κ2) is 9.13. The van der Waals surface area contributed by atoms with Crippen LogP contribution in [0.15, 0.2) is 53.9 Å². The Morgan fingerprint density at radius 3 is 2.48 bits per heavy atom. The smallest absolute Gasteiger partial charge is 1.00 e.